The summed E-state index contributed by atoms with van der Waals surface area (Å²) in [6.07, 6.45) is 0.978. The fraction of sp³-hybridized carbons (Fsp3) is 0.444. The van der Waals surface area contributed by atoms with E-state index in [1.807, 2.05) is 0 Å². The van der Waals surface area contributed by atoms with E-state index in [9.17, 15) is 8.78 Å². The van der Waals surface area contributed by atoms with E-state index in [1.54, 1.807) is 5.01 Å². The van der Waals surface area contributed by atoms with Crippen LogP contribution in [0.2, 0.25) is 0 Å². The van der Waals surface area contributed by atoms with Crippen LogP contribution in [0.3, 0.4) is 0 Å². The molecule has 2 rings (SSSR count). The van der Waals surface area contributed by atoms with Gasteiger partial charge in [0.2, 0.25) is 0 Å². The molecular weight excluding hydrogens is 204 g/mol. The Bertz CT molecular complexity index is 342. The van der Waals surface area contributed by atoms with E-state index < -0.39 is 11.6 Å². The number of hydrogen-bond acceptors (Lipinski definition) is 4. The molecule has 0 bridgehead atoms. The van der Waals surface area contributed by atoms with Gasteiger partial charge in [-0.3, -0.25) is 0 Å². The molecule has 1 N–H and O–H groups in total. The molecule has 0 spiro atoms. The van der Waals surface area contributed by atoms with E-state index in [0.29, 0.717) is 26.3 Å². The fourth-order valence-electron chi connectivity index (χ4n) is 1.32. The summed E-state index contributed by atoms with van der Waals surface area (Å²) < 4.78 is 30.9. The van der Waals surface area contributed by atoms with Crippen LogP contribution >= 0.6 is 0 Å². The molecule has 82 valence electrons. The zero-order chi connectivity index (χ0) is 10.7. The Morgan fingerprint density at radius 1 is 1.33 bits per heavy atom. The van der Waals surface area contributed by atoms with Crippen molar-refractivity contribution in [2.75, 3.05) is 31.7 Å². The summed E-state index contributed by atoms with van der Waals surface area (Å²) in [7, 11) is 0. The molecule has 1 saturated heterocycles. The van der Waals surface area contributed by atoms with Gasteiger partial charge in [0.15, 0.2) is 11.6 Å². The second-order valence-electron chi connectivity index (χ2n) is 3.20. The van der Waals surface area contributed by atoms with E-state index in [1.165, 1.54) is 0 Å². The number of morpholine rings is 1. The molecule has 0 radical (unpaired) electrons. The summed E-state index contributed by atoms with van der Waals surface area (Å²) in [6, 6.07) is 0.801. The number of rotatable bonds is 2. The highest BCUT2D eigenvalue weighted by molar-refractivity contribution is 5.34. The Balaban J connectivity index is 2.03. The standard InChI is InChI=1S/C9H11F2N3O/c10-7-5-8(11)9(12-6-7)13-14-1-3-15-4-2-14/h5-6H,1-4H2,(H,12,13). The number of pyridine rings is 1. The summed E-state index contributed by atoms with van der Waals surface area (Å²) in [5.41, 5.74) is 2.78. The number of ether oxygens (including phenoxy) is 1. The highest BCUT2D eigenvalue weighted by Gasteiger charge is 2.13. The van der Waals surface area contributed by atoms with E-state index >= 15 is 0 Å². The van der Waals surface area contributed by atoms with Crippen LogP contribution in [-0.4, -0.2) is 36.3 Å². The molecule has 15 heavy (non-hydrogen) atoms. The molecule has 0 aromatic carbocycles. The molecule has 1 fully saturated rings. The largest absolute Gasteiger partial charge is 0.379 e. The van der Waals surface area contributed by atoms with Crippen LogP contribution in [0.1, 0.15) is 0 Å². The van der Waals surface area contributed by atoms with Crippen LogP contribution in [-0.2, 0) is 4.74 Å². The van der Waals surface area contributed by atoms with Gasteiger partial charge in [0.25, 0.3) is 0 Å². The van der Waals surface area contributed by atoms with Gasteiger partial charge < -0.3 is 10.2 Å². The SMILES string of the molecule is Fc1cnc(NN2CCOCC2)c(F)c1. The highest BCUT2D eigenvalue weighted by atomic mass is 19.1. The maximum atomic E-state index is 13.2. The topological polar surface area (TPSA) is 37.4 Å². The Morgan fingerprint density at radius 3 is 2.73 bits per heavy atom. The molecule has 0 saturated carbocycles. The number of halogens is 2. The van der Waals surface area contributed by atoms with Gasteiger partial charge in [-0.15, -0.1) is 0 Å². The minimum atomic E-state index is -0.693. The van der Waals surface area contributed by atoms with Crippen molar-refractivity contribution in [3.8, 4) is 0 Å². The number of hydrazine groups is 1. The van der Waals surface area contributed by atoms with Crippen LogP contribution in [0.4, 0.5) is 14.6 Å². The first-order chi connectivity index (χ1) is 7.25. The first kappa shape index (κ1) is 10.3. The van der Waals surface area contributed by atoms with Crippen molar-refractivity contribution in [3.63, 3.8) is 0 Å². The van der Waals surface area contributed by atoms with Crippen molar-refractivity contribution in [2.24, 2.45) is 0 Å². The van der Waals surface area contributed by atoms with Gasteiger partial charge >= 0.3 is 0 Å². The van der Waals surface area contributed by atoms with Crippen molar-refractivity contribution >= 4 is 5.82 Å². The van der Waals surface area contributed by atoms with Crippen molar-refractivity contribution < 1.29 is 13.5 Å². The minimum absolute atomic E-state index is 0.0401. The van der Waals surface area contributed by atoms with Crippen molar-refractivity contribution in [2.45, 2.75) is 0 Å². The van der Waals surface area contributed by atoms with Crippen LogP contribution in [0.25, 0.3) is 0 Å². The van der Waals surface area contributed by atoms with Gasteiger partial charge in [-0.05, 0) is 0 Å². The van der Waals surface area contributed by atoms with Gasteiger partial charge in [0.1, 0.15) is 5.82 Å². The third-order valence-electron chi connectivity index (χ3n) is 2.08. The summed E-state index contributed by atoms with van der Waals surface area (Å²) in [5.74, 6) is -1.33. The predicted octanol–water partition coefficient (Wildman–Crippen LogP) is 1.02. The van der Waals surface area contributed by atoms with Gasteiger partial charge in [-0.2, -0.15) is 0 Å². The summed E-state index contributed by atoms with van der Waals surface area (Å²) >= 11 is 0. The molecule has 0 atom stereocenters. The van der Waals surface area contributed by atoms with Crippen molar-refractivity contribution in [1.29, 1.82) is 0 Å². The quantitative estimate of drug-likeness (QED) is 0.799. The predicted molar refractivity (Wildman–Crippen MR) is 50.2 cm³/mol. The number of anilines is 1. The minimum Gasteiger partial charge on any atom is -0.379 e. The van der Waals surface area contributed by atoms with E-state index in [2.05, 4.69) is 10.4 Å². The van der Waals surface area contributed by atoms with Crippen LogP contribution < -0.4 is 5.43 Å². The molecule has 0 unspecified atom stereocenters. The molecule has 6 heteroatoms. The molecule has 2 heterocycles. The molecule has 0 amide bonds. The third-order valence-corrected chi connectivity index (χ3v) is 2.08. The Labute approximate surface area is 85.8 Å². The number of aromatic nitrogens is 1. The van der Waals surface area contributed by atoms with Crippen molar-refractivity contribution in [1.82, 2.24) is 9.99 Å². The van der Waals surface area contributed by atoms with Crippen LogP contribution in [0.15, 0.2) is 12.3 Å². The average molecular weight is 215 g/mol. The van der Waals surface area contributed by atoms with Crippen LogP contribution in [0.5, 0.6) is 0 Å². The first-order valence-corrected chi connectivity index (χ1v) is 4.66. The summed E-state index contributed by atoms with van der Waals surface area (Å²) in [6.45, 7) is 2.49. The monoisotopic (exact) mass is 215 g/mol. The second kappa shape index (κ2) is 4.50. The zero-order valence-electron chi connectivity index (χ0n) is 8.04. The fourth-order valence-corrected chi connectivity index (χ4v) is 1.32. The van der Waals surface area contributed by atoms with Crippen LogP contribution in [0, 0.1) is 11.6 Å². The van der Waals surface area contributed by atoms with E-state index in [4.69, 9.17) is 4.74 Å². The Kier molecular flexibility index (Phi) is 3.08. The second-order valence-corrected chi connectivity index (χ2v) is 3.20. The Hall–Kier alpha value is -1.27. The lowest BCUT2D eigenvalue weighted by molar-refractivity contribution is 0.0493. The summed E-state index contributed by atoms with van der Waals surface area (Å²) in [5, 5.41) is 1.78. The molecule has 1 aromatic rings. The lowest BCUT2D eigenvalue weighted by Crippen LogP contribution is -2.40. The van der Waals surface area contributed by atoms with Gasteiger partial charge in [-0.1, -0.05) is 0 Å². The van der Waals surface area contributed by atoms with Gasteiger partial charge in [0, 0.05) is 19.2 Å². The Morgan fingerprint density at radius 2 is 2.07 bits per heavy atom. The highest BCUT2D eigenvalue weighted by Crippen LogP contribution is 2.12. The number of nitrogens with zero attached hydrogens (tertiary/aromatic N) is 2. The van der Waals surface area contributed by atoms with Gasteiger partial charge in [-0.25, -0.2) is 18.8 Å². The average Bonchev–Trinajstić information content (AvgIpc) is 2.24. The molecule has 4 nitrogen and oxygen atoms in total. The first-order valence-electron chi connectivity index (χ1n) is 4.66. The molecule has 1 aliphatic rings. The molecule has 1 aliphatic heterocycles. The zero-order valence-corrected chi connectivity index (χ0v) is 8.04. The number of nitrogens with one attached hydrogen (secondary N) is 1. The van der Waals surface area contributed by atoms with E-state index in [-0.39, 0.29) is 5.82 Å². The lowest BCUT2D eigenvalue weighted by atomic mass is 10.4. The normalized spacial score (nSPS) is 17.7. The smallest absolute Gasteiger partial charge is 0.177 e. The van der Waals surface area contributed by atoms with Gasteiger partial charge in [0.05, 0.1) is 19.4 Å². The van der Waals surface area contributed by atoms with E-state index in [0.717, 1.165) is 12.3 Å². The maximum Gasteiger partial charge on any atom is 0.177 e. The van der Waals surface area contributed by atoms with Crippen molar-refractivity contribution in [3.05, 3.63) is 23.9 Å². The molecule has 1 aromatic heterocycles. The number of hydrogen-bond donors (Lipinski definition) is 1. The lowest BCUT2D eigenvalue weighted by Gasteiger charge is -2.27. The summed E-state index contributed by atoms with van der Waals surface area (Å²) in [4.78, 5) is 3.63. The molecule has 0 aliphatic carbocycles. The maximum absolute atomic E-state index is 13.2. The third kappa shape index (κ3) is 2.60. The molecular formula is C9H11F2N3O.